The second-order valence-corrected chi connectivity index (χ2v) is 6.92. The topological polar surface area (TPSA) is 101 Å². The number of pyridine rings is 2. The number of nitrogens with one attached hydrogen (secondary N) is 2. The first kappa shape index (κ1) is 20.1. The molecule has 3 aromatic heterocycles. The summed E-state index contributed by atoms with van der Waals surface area (Å²) >= 11 is 0. The van der Waals surface area contributed by atoms with Crippen LogP contribution in [0.5, 0.6) is 5.75 Å². The van der Waals surface area contributed by atoms with Crippen LogP contribution in [-0.4, -0.2) is 33.5 Å². The SMILES string of the molecule is C=CCNC(=O)c1cc2c(=O)n3ccccc3nc2n(Cc2ccc(OC)cc2)c1=N. The molecule has 8 nitrogen and oxygen atoms in total. The molecule has 1 amide bonds. The van der Waals surface area contributed by atoms with E-state index in [-0.39, 0.29) is 35.1 Å². The number of hydrogen-bond acceptors (Lipinski definition) is 5. The molecule has 0 bridgehead atoms. The minimum atomic E-state index is -0.451. The number of amides is 1. The van der Waals surface area contributed by atoms with Crippen molar-refractivity contribution in [3.05, 3.63) is 94.4 Å². The average Bonchev–Trinajstić information content (AvgIpc) is 2.80. The lowest BCUT2D eigenvalue weighted by molar-refractivity contribution is 0.0955. The molecule has 4 aromatic rings. The van der Waals surface area contributed by atoms with Crippen molar-refractivity contribution < 1.29 is 9.53 Å². The zero-order valence-corrected chi connectivity index (χ0v) is 17.0. The van der Waals surface area contributed by atoms with Gasteiger partial charge in [0.15, 0.2) is 0 Å². The third-order valence-corrected chi connectivity index (χ3v) is 4.97. The Morgan fingerprint density at radius 2 is 2.03 bits per heavy atom. The summed E-state index contributed by atoms with van der Waals surface area (Å²) in [4.78, 5) is 30.5. The molecule has 0 saturated carbocycles. The smallest absolute Gasteiger partial charge is 0.267 e. The van der Waals surface area contributed by atoms with Gasteiger partial charge >= 0.3 is 0 Å². The Morgan fingerprint density at radius 1 is 1.26 bits per heavy atom. The Bertz CT molecular complexity index is 1420. The number of carbonyl (C=O) groups is 1. The third kappa shape index (κ3) is 3.71. The van der Waals surface area contributed by atoms with Gasteiger partial charge in [-0.1, -0.05) is 24.3 Å². The molecule has 31 heavy (non-hydrogen) atoms. The van der Waals surface area contributed by atoms with E-state index in [9.17, 15) is 9.59 Å². The Kier molecular flexibility index (Phi) is 5.36. The molecule has 0 aliphatic carbocycles. The average molecular weight is 415 g/mol. The number of nitrogens with zero attached hydrogens (tertiary/aromatic N) is 3. The molecular formula is C23H21N5O3. The first-order chi connectivity index (χ1) is 15.0. The van der Waals surface area contributed by atoms with Crippen molar-refractivity contribution in [2.45, 2.75) is 6.54 Å². The molecule has 0 aliphatic rings. The molecule has 0 radical (unpaired) electrons. The summed E-state index contributed by atoms with van der Waals surface area (Å²) in [5.74, 6) is 0.262. The summed E-state index contributed by atoms with van der Waals surface area (Å²) in [5.41, 5.74) is 1.44. The summed E-state index contributed by atoms with van der Waals surface area (Å²) in [5, 5.41) is 11.6. The van der Waals surface area contributed by atoms with Gasteiger partial charge in [-0.05, 0) is 35.9 Å². The molecule has 0 unspecified atom stereocenters. The standard InChI is InChI=1S/C23H21N5O3/c1-3-11-25-22(29)17-13-18-21(26-19-6-4-5-12-27(19)23(18)30)28(20(17)24)14-15-7-9-16(31-2)10-8-15/h3-10,12-13,24H,1,11,14H2,2H3,(H,25,29). The fourth-order valence-electron chi connectivity index (χ4n) is 3.39. The predicted molar refractivity (Wildman–Crippen MR) is 117 cm³/mol. The van der Waals surface area contributed by atoms with Crippen LogP contribution >= 0.6 is 0 Å². The van der Waals surface area contributed by atoms with Crippen LogP contribution in [0.1, 0.15) is 15.9 Å². The van der Waals surface area contributed by atoms with Crippen molar-refractivity contribution >= 4 is 22.6 Å². The van der Waals surface area contributed by atoms with Gasteiger partial charge in [0.1, 0.15) is 22.5 Å². The predicted octanol–water partition coefficient (Wildman–Crippen LogP) is 2.10. The quantitative estimate of drug-likeness (QED) is 0.372. The molecule has 0 atom stereocenters. The first-order valence-electron chi connectivity index (χ1n) is 9.65. The second-order valence-electron chi connectivity index (χ2n) is 6.92. The summed E-state index contributed by atoms with van der Waals surface area (Å²) < 4.78 is 8.21. The Morgan fingerprint density at radius 3 is 2.74 bits per heavy atom. The number of hydrogen-bond donors (Lipinski definition) is 2. The Balaban J connectivity index is 1.98. The first-order valence-corrected chi connectivity index (χ1v) is 9.65. The summed E-state index contributed by atoms with van der Waals surface area (Å²) in [6.07, 6.45) is 3.18. The van der Waals surface area contributed by atoms with E-state index >= 15 is 0 Å². The van der Waals surface area contributed by atoms with Crippen LogP contribution < -0.4 is 21.1 Å². The molecule has 1 aromatic carbocycles. The number of carbonyl (C=O) groups excluding carboxylic acids is 1. The van der Waals surface area contributed by atoms with Crippen molar-refractivity contribution in [1.29, 1.82) is 5.41 Å². The fraction of sp³-hybridized carbons (Fsp3) is 0.130. The number of rotatable bonds is 6. The van der Waals surface area contributed by atoms with Crippen molar-refractivity contribution in [2.24, 2.45) is 0 Å². The van der Waals surface area contributed by atoms with Crippen molar-refractivity contribution in [3.8, 4) is 5.75 Å². The maximum Gasteiger partial charge on any atom is 0.267 e. The number of aromatic nitrogens is 3. The van der Waals surface area contributed by atoms with E-state index in [1.54, 1.807) is 42.1 Å². The lowest BCUT2D eigenvalue weighted by Gasteiger charge is -2.15. The van der Waals surface area contributed by atoms with E-state index in [4.69, 9.17) is 10.1 Å². The van der Waals surface area contributed by atoms with Crippen molar-refractivity contribution in [1.82, 2.24) is 19.3 Å². The molecule has 4 rings (SSSR count). The highest BCUT2D eigenvalue weighted by molar-refractivity contribution is 5.96. The van der Waals surface area contributed by atoms with Crippen LogP contribution in [0.3, 0.4) is 0 Å². The maximum absolute atomic E-state index is 13.2. The van der Waals surface area contributed by atoms with Gasteiger partial charge < -0.3 is 14.6 Å². The van der Waals surface area contributed by atoms with Crippen LogP contribution in [0.2, 0.25) is 0 Å². The van der Waals surface area contributed by atoms with E-state index in [0.717, 1.165) is 5.56 Å². The highest BCUT2D eigenvalue weighted by Crippen LogP contribution is 2.15. The molecule has 3 heterocycles. The van der Waals surface area contributed by atoms with Gasteiger partial charge in [0.05, 0.1) is 24.6 Å². The molecule has 0 aliphatic heterocycles. The minimum absolute atomic E-state index is 0.0305. The van der Waals surface area contributed by atoms with E-state index in [0.29, 0.717) is 17.0 Å². The third-order valence-electron chi connectivity index (χ3n) is 4.97. The number of benzene rings is 1. The van der Waals surface area contributed by atoms with Crippen molar-refractivity contribution in [3.63, 3.8) is 0 Å². The van der Waals surface area contributed by atoms with Gasteiger partial charge in [0.2, 0.25) is 0 Å². The van der Waals surface area contributed by atoms with Crippen LogP contribution in [0.25, 0.3) is 16.7 Å². The maximum atomic E-state index is 13.2. The molecule has 8 heteroatoms. The minimum Gasteiger partial charge on any atom is -0.497 e. The van der Waals surface area contributed by atoms with Crippen LogP contribution in [-0.2, 0) is 6.54 Å². The highest BCUT2D eigenvalue weighted by Gasteiger charge is 2.17. The Labute approximate surface area is 177 Å². The van der Waals surface area contributed by atoms with Gasteiger partial charge in [-0.15, -0.1) is 6.58 Å². The van der Waals surface area contributed by atoms with Gasteiger partial charge in [0, 0.05) is 12.7 Å². The van der Waals surface area contributed by atoms with Crippen LogP contribution in [0.15, 0.2) is 72.2 Å². The van der Waals surface area contributed by atoms with E-state index in [2.05, 4.69) is 16.9 Å². The van der Waals surface area contributed by atoms with Gasteiger partial charge in [-0.3, -0.25) is 19.4 Å². The van der Waals surface area contributed by atoms with E-state index in [1.807, 2.05) is 24.3 Å². The van der Waals surface area contributed by atoms with Gasteiger partial charge in [-0.25, -0.2) is 4.98 Å². The van der Waals surface area contributed by atoms with E-state index < -0.39 is 5.91 Å². The van der Waals surface area contributed by atoms with Crippen LogP contribution in [0, 0.1) is 5.41 Å². The second kappa shape index (κ2) is 8.27. The summed E-state index contributed by atoms with van der Waals surface area (Å²) in [6.45, 7) is 4.11. The molecule has 2 N–H and O–H groups in total. The normalized spacial score (nSPS) is 10.9. The number of ether oxygens (including phenoxy) is 1. The largest absolute Gasteiger partial charge is 0.497 e. The number of methoxy groups -OCH3 is 1. The molecule has 0 spiro atoms. The van der Waals surface area contributed by atoms with Crippen molar-refractivity contribution in [2.75, 3.05) is 13.7 Å². The highest BCUT2D eigenvalue weighted by atomic mass is 16.5. The summed E-state index contributed by atoms with van der Waals surface area (Å²) in [6, 6.07) is 14.1. The van der Waals surface area contributed by atoms with E-state index in [1.165, 1.54) is 10.5 Å². The zero-order valence-electron chi connectivity index (χ0n) is 17.0. The molecule has 0 fully saturated rings. The molecule has 156 valence electrons. The van der Waals surface area contributed by atoms with Gasteiger partial charge in [-0.2, -0.15) is 0 Å². The fourth-order valence-corrected chi connectivity index (χ4v) is 3.39. The lowest BCUT2D eigenvalue weighted by atomic mass is 10.1. The van der Waals surface area contributed by atoms with Gasteiger partial charge in [0.25, 0.3) is 11.5 Å². The molecule has 0 saturated heterocycles. The zero-order chi connectivity index (χ0) is 22.0. The lowest BCUT2D eigenvalue weighted by Crippen LogP contribution is -2.35. The van der Waals surface area contributed by atoms with Crippen LogP contribution in [0.4, 0.5) is 0 Å². The molecular weight excluding hydrogens is 394 g/mol. The monoisotopic (exact) mass is 415 g/mol. The number of fused-ring (bicyclic) bond motifs is 2. The summed E-state index contributed by atoms with van der Waals surface area (Å²) in [7, 11) is 1.59. The Hall–Kier alpha value is -4.20.